The molecule has 3 aromatic rings. The van der Waals surface area contributed by atoms with Crippen molar-refractivity contribution in [3.8, 4) is 10.4 Å². The first-order chi connectivity index (χ1) is 16.6. The summed E-state index contributed by atoms with van der Waals surface area (Å²) >= 11 is 1.53. The monoisotopic (exact) mass is 474 g/mol. The largest absolute Gasteiger partial charge is 0.396 e. The van der Waals surface area contributed by atoms with Gasteiger partial charge in [0.2, 0.25) is 0 Å². The molecule has 0 spiro atoms. The molecule has 0 atom stereocenters. The number of aliphatic hydroxyl groups is 1. The molecule has 0 radical (unpaired) electrons. The molecule has 5 nitrogen and oxygen atoms in total. The third kappa shape index (κ3) is 4.93. The normalized spacial score (nSPS) is 14.8. The second-order valence-corrected chi connectivity index (χ2v) is 10.2. The van der Waals surface area contributed by atoms with Gasteiger partial charge in [0.15, 0.2) is 0 Å². The van der Waals surface area contributed by atoms with Crippen molar-refractivity contribution in [3.05, 3.63) is 76.2 Å². The molecule has 0 saturated heterocycles. The van der Waals surface area contributed by atoms with Gasteiger partial charge in [0, 0.05) is 35.2 Å². The summed E-state index contributed by atoms with van der Waals surface area (Å²) in [6, 6.07) is 18.3. The predicted octanol–water partition coefficient (Wildman–Crippen LogP) is 5.22. The van der Waals surface area contributed by atoms with Crippen LogP contribution in [0.3, 0.4) is 0 Å². The van der Waals surface area contributed by atoms with E-state index in [4.69, 9.17) is 5.11 Å². The molecule has 2 heterocycles. The molecule has 5 rings (SSSR count). The van der Waals surface area contributed by atoms with Crippen LogP contribution in [0.4, 0.5) is 5.69 Å². The van der Waals surface area contributed by atoms with E-state index in [0.29, 0.717) is 24.6 Å². The van der Waals surface area contributed by atoms with E-state index < -0.39 is 0 Å². The lowest BCUT2D eigenvalue weighted by Gasteiger charge is -2.23. The van der Waals surface area contributed by atoms with Gasteiger partial charge in [-0.25, -0.2) is 0 Å². The van der Waals surface area contributed by atoms with Crippen molar-refractivity contribution in [1.29, 1.82) is 0 Å². The number of rotatable bonds is 8. The number of nitrogens with zero attached hydrogens (tertiary/aromatic N) is 1. The zero-order valence-corrected chi connectivity index (χ0v) is 20.1. The number of anilines is 1. The number of thiophene rings is 1. The van der Waals surface area contributed by atoms with Crippen molar-refractivity contribution in [2.75, 3.05) is 18.1 Å². The molecule has 2 N–H and O–H groups in total. The van der Waals surface area contributed by atoms with E-state index >= 15 is 0 Å². The number of amides is 2. The molecular weight excluding hydrogens is 444 g/mol. The maximum atomic E-state index is 13.5. The highest BCUT2D eigenvalue weighted by atomic mass is 32.1. The van der Waals surface area contributed by atoms with Crippen molar-refractivity contribution in [1.82, 2.24) is 5.32 Å². The lowest BCUT2D eigenvalue weighted by molar-refractivity contribution is 0.0953. The van der Waals surface area contributed by atoms with Gasteiger partial charge < -0.3 is 15.3 Å². The highest BCUT2D eigenvalue weighted by molar-refractivity contribution is 7.17. The number of nitrogens with one attached hydrogen (secondary N) is 1. The standard InChI is InChI=1S/C28H30N2O3S/c31-17-5-1-2-6-19-9-11-20(12-10-19)28(33)30-16-15-21-18-25(27(32)29-22-13-14-22)34-26(21)23-7-3-4-8-24(23)30/h3-4,7-12,18,22,31H,1-2,5-6,13-17H2,(H,29,32). The quantitative estimate of drug-likeness (QED) is 0.440. The van der Waals surface area contributed by atoms with Crippen molar-refractivity contribution >= 4 is 28.8 Å². The smallest absolute Gasteiger partial charge is 0.261 e. The van der Waals surface area contributed by atoms with Crippen LogP contribution in [0.25, 0.3) is 10.4 Å². The molecule has 34 heavy (non-hydrogen) atoms. The van der Waals surface area contributed by atoms with Crippen LogP contribution in [-0.4, -0.2) is 36.1 Å². The van der Waals surface area contributed by atoms with Crippen LogP contribution in [0, 0.1) is 0 Å². The second-order valence-electron chi connectivity index (χ2n) is 9.17. The lowest BCUT2D eigenvalue weighted by atomic mass is 10.0. The first-order valence-electron chi connectivity index (χ1n) is 12.2. The zero-order chi connectivity index (χ0) is 23.5. The van der Waals surface area contributed by atoms with Crippen molar-refractivity contribution in [3.63, 3.8) is 0 Å². The topological polar surface area (TPSA) is 69.6 Å². The molecule has 1 aromatic heterocycles. The predicted molar refractivity (Wildman–Crippen MR) is 137 cm³/mol. The fourth-order valence-corrected chi connectivity index (χ4v) is 5.64. The molecule has 0 unspecified atom stereocenters. The lowest BCUT2D eigenvalue weighted by Crippen LogP contribution is -2.32. The van der Waals surface area contributed by atoms with Crippen LogP contribution in [0.15, 0.2) is 54.6 Å². The minimum Gasteiger partial charge on any atom is -0.396 e. The molecule has 1 aliphatic carbocycles. The van der Waals surface area contributed by atoms with Crippen molar-refractivity contribution in [2.45, 2.75) is 51.0 Å². The van der Waals surface area contributed by atoms with Gasteiger partial charge in [0.25, 0.3) is 11.8 Å². The van der Waals surface area contributed by atoms with Crippen LogP contribution >= 0.6 is 11.3 Å². The molecule has 6 heteroatoms. The Morgan fingerprint density at radius 3 is 2.59 bits per heavy atom. The summed E-state index contributed by atoms with van der Waals surface area (Å²) in [5.74, 6) is 0.0172. The molecule has 1 fully saturated rings. The van der Waals surface area contributed by atoms with Gasteiger partial charge >= 0.3 is 0 Å². The van der Waals surface area contributed by atoms with E-state index in [1.165, 1.54) is 16.9 Å². The van der Waals surface area contributed by atoms with Gasteiger partial charge in [0.05, 0.1) is 10.6 Å². The summed E-state index contributed by atoms with van der Waals surface area (Å²) in [5.41, 5.74) is 4.94. The molecule has 0 bridgehead atoms. The molecular formula is C28H30N2O3S. The second kappa shape index (κ2) is 10.1. The first kappa shape index (κ1) is 22.8. The van der Waals surface area contributed by atoms with E-state index in [0.717, 1.165) is 65.1 Å². The summed E-state index contributed by atoms with van der Waals surface area (Å²) in [5, 5.41) is 12.0. The Morgan fingerprint density at radius 2 is 1.82 bits per heavy atom. The van der Waals surface area contributed by atoms with Crippen LogP contribution in [0.5, 0.6) is 0 Å². The van der Waals surface area contributed by atoms with Gasteiger partial charge in [-0.3, -0.25) is 9.59 Å². The summed E-state index contributed by atoms with van der Waals surface area (Å²) in [6.45, 7) is 0.818. The number of hydrogen-bond acceptors (Lipinski definition) is 4. The van der Waals surface area contributed by atoms with Crippen molar-refractivity contribution in [2.24, 2.45) is 0 Å². The Hall–Kier alpha value is -2.96. The molecule has 2 amide bonds. The minimum atomic E-state index is 0.00105. The van der Waals surface area contributed by atoms with E-state index in [1.807, 2.05) is 59.5 Å². The molecule has 1 aliphatic heterocycles. The van der Waals surface area contributed by atoms with Gasteiger partial charge in [-0.05, 0) is 73.9 Å². The Labute approximate surface area is 204 Å². The summed E-state index contributed by atoms with van der Waals surface area (Å²) in [6.07, 6.45) is 6.70. The highest BCUT2D eigenvalue weighted by Gasteiger charge is 2.29. The average molecular weight is 475 g/mol. The van der Waals surface area contributed by atoms with Gasteiger partial charge in [-0.2, -0.15) is 0 Å². The molecule has 2 aliphatic rings. The maximum Gasteiger partial charge on any atom is 0.261 e. The number of aliphatic hydroxyl groups excluding tert-OH is 1. The first-order valence-corrected chi connectivity index (χ1v) is 13.0. The molecule has 1 saturated carbocycles. The highest BCUT2D eigenvalue weighted by Crippen LogP contribution is 2.42. The van der Waals surface area contributed by atoms with E-state index in [1.54, 1.807) is 0 Å². The van der Waals surface area contributed by atoms with E-state index in [2.05, 4.69) is 5.32 Å². The summed E-state index contributed by atoms with van der Waals surface area (Å²) in [4.78, 5) is 29.9. The zero-order valence-electron chi connectivity index (χ0n) is 19.3. The average Bonchev–Trinajstić information content (AvgIpc) is 3.60. The Morgan fingerprint density at radius 1 is 1.03 bits per heavy atom. The van der Waals surface area contributed by atoms with Crippen LogP contribution in [0.2, 0.25) is 0 Å². The molecule has 176 valence electrons. The van der Waals surface area contributed by atoms with Crippen LogP contribution in [0.1, 0.15) is 63.3 Å². The Bertz CT molecular complexity index is 1180. The third-order valence-electron chi connectivity index (χ3n) is 6.56. The minimum absolute atomic E-state index is 0.00105. The number of unbranched alkanes of at least 4 members (excludes halogenated alkanes) is 2. The van der Waals surface area contributed by atoms with Gasteiger partial charge in [0.1, 0.15) is 0 Å². The number of aryl methyl sites for hydroxylation is 1. The summed E-state index contributed by atoms with van der Waals surface area (Å²) < 4.78 is 0. The van der Waals surface area contributed by atoms with Crippen LogP contribution in [-0.2, 0) is 12.8 Å². The maximum absolute atomic E-state index is 13.5. The fraction of sp³-hybridized carbons (Fsp3) is 0.357. The Balaban J connectivity index is 1.36. The fourth-order valence-electron chi connectivity index (χ4n) is 4.49. The number of hydrogen-bond donors (Lipinski definition) is 2. The van der Waals surface area contributed by atoms with Crippen LogP contribution < -0.4 is 10.2 Å². The van der Waals surface area contributed by atoms with Gasteiger partial charge in [-0.1, -0.05) is 36.8 Å². The number of para-hydroxylation sites is 1. The number of benzene rings is 2. The number of fused-ring (bicyclic) bond motifs is 3. The number of carbonyl (C=O) groups is 2. The summed E-state index contributed by atoms with van der Waals surface area (Å²) in [7, 11) is 0. The molecule has 2 aromatic carbocycles. The van der Waals surface area contributed by atoms with Gasteiger partial charge in [-0.15, -0.1) is 11.3 Å². The van der Waals surface area contributed by atoms with E-state index in [-0.39, 0.29) is 18.4 Å². The van der Waals surface area contributed by atoms with E-state index in [9.17, 15) is 9.59 Å². The number of carbonyl (C=O) groups excluding carboxylic acids is 2. The third-order valence-corrected chi connectivity index (χ3v) is 7.77. The van der Waals surface area contributed by atoms with Crippen molar-refractivity contribution < 1.29 is 14.7 Å². The Kier molecular flexibility index (Phi) is 6.79. The SMILES string of the molecule is O=C(NC1CC1)c1cc2c(s1)-c1ccccc1N(C(=O)c1ccc(CCCCCO)cc1)CC2.